The summed E-state index contributed by atoms with van der Waals surface area (Å²) in [5.74, 6) is 2.45. The molecule has 2 atom stereocenters. The third-order valence-electron chi connectivity index (χ3n) is 4.88. The maximum atomic E-state index is 6.42. The first kappa shape index (κ1) is 13.4. The standard InChI is InChI=1S/C16H23ClN2/c1-2-11-8-9-12(10-11)16-18-14-7-5-3-4-6-13(14)15(17)19-16/h11-12H,2-10H2,1H3. The number of hydrogen-bond donors (Lipinski definition) is 0. The van der Waals surface area contributed by atoms with Gasteiger partial charge in [-0.05, 0) is 50.9 Å². The molecule has 1 fully saturated rings. The van der Waals surface area contributed by atoms with Crippen LogP contribution in [0.3, 0.4) is 0 Å². The van der Waals surface area contributed by atoms with Crippen molar-refractivity contribution in [2.24, 2.45) is 5.92 Å². The van der Waals surface area contributed by atoms with E-state index in [0.717, 1.165) is 29.7 Å². The van der Waals surface area contributed by atoms with Gasteiger partial charge in [0.15, 0.2) is 0 Å². The molecule has 0 saturated heterocycles. The van der Waals surface area contributed by atoms with Crippen molar-refractivity contribution in [3.63, 3.8) is 0 Å². The van der Waals surface area contributed by atoms with Crippen LogP contribution in [0.5, 0.6) is 0 Å². The Bertz CT molecular complexity index is 458. The SMILES string of the molecule is CCC1CCC(c2nc(Cl)c3c(n2)CCCCC3)C1. The second-order valence-corrected chi connectivity index (χ2v) is 6.50. The van der Waals surface area contributed by atoms with Crippen LogP contribution in [0, 0.1) is 5.92 Å². The van der Waals surface area contributed by atoms with Crippen molar-refractivity contribution in [2.45, 2.75) is 70.6 Å². The van der Waals surface area contributed by atoms with Gasteiger partial charge in [-0.25, -0.2) is 9.97 Å². The van der Waals surface area contributed by atoms with Gasteiger partial charge in [-0.3, -0.25) is 0 Å². The molecule has 0 spiro atoms. The molecule has 0 amide bonds. The quantitative estimate of drug-likeness (QED) is 0.579. The Balaban J connectivity index is 1.87. The van der Waals surface area contributed by atoms with Crippen LogP contribution in [0.1, 0.15) is 74.9 Å². The summed E-state index contributed by atoms with van der Waals surface area (Å²) in [6.45, 7) is 2.29. The minimum absolute atomic E-state index is 0.552. The van der Waals surface area contributed by atoms with Gasteiger partial charge in [0.2, 0.25) is 0 Å². The lowest BCUT2D eigenvalue weighted by Gasteiger charge is -2.13. The van der Waals surface area contributed by atoms with Crippen molar-refractivity contribution in [1.82, 2.24) is 9.97 Å². The highest BCUT2D eigenvalue weighted by Gasteiger charge is 2.28. The van der Waals surface area contributed by atoms with Crippen molar-refractivity contribution in [3.8, 4) is 0 Å². The van der Waals surface area contributed by atoms with Gasteiger partial charge < -0.3 is 0 Å². The molecule has 3 rings (SSSR count). The molecule has 1 aromatic heterocycles. The number of aryl methyl sites for hydroxylation is 1. The van der Waals surface area contributed by atoms with Crippen molar-refractivity contribution < 1.29 is 0 Å². The Labute approximate surface area is 121 Å². The molecule has 3 heteroatoms. The molecule has 1 saturated carbocycles. The first-order valence-electron chi connectivity index (χ1n) is 7.83. The Morgan fingerprint density at radius 3 is 2.74 bits per heavy atom. The monoisotopic (exact) mass is 278 g/mol. The van der Waals surface area contributed by atoms with Crippen LogP contribution in [-0.2, 0) is 12.8 Å². The summed E-state index contributed by atoms with van der Waals surface area (Å²) in [4.78, 5) is 9.52. The fraction of sp³-hybridized carbons (Fsp3) is 0.750. The summed E-state index contributed by atoms with van der Waals surface area (Å²) in [5.41, 5.74) is 2.47. The van der Waals surface area contributed by atoms with E-state index in [9.17, 15) is 0 Å². The van der Waals surface area contributed by atoms with Gasteiger partial charge in [0.1, 0.15) is 11.0 Å². The van der Waals surface area contributed by atoms with Gasteiger partial charge in [0.05, 0.1) is 0 Å². The zero-order valence-corrected chi connectivity index (χ0v) is 12.5. The first-order valence-corrected chi connectivity index (χ1v) is 8.21. The molecule has 104 valence electrons. The van der Waals surface area contributed by atoms with E-state index in [1.165, 1.54) is 56.2 Å². The van der Waals surface area contributed by atoms with E-state index < -0.39 is 0 Å². The molecule has 2 aliphatic rings. The van der Waals surface area contributed by atoms with Crippen molar-refractivity contribution >= 4 is 11.6 Å². The lowest BCUT2D eigenvalue weighted by Crippen LogP contribution is -2.08. The smallest absolute Gasteiger partial charge is 0.136 e. The molecule has 2 nitrogen and oxygen atoms in total. The summed E-state index contributed by atoms with van der Waals surface area (Å²) in [6, 6.07) is 0. The van der Waals surface area contributed by atoms with E-state index >= 15 is 0 Å². The number of nitrogens with zero attached hydrogens (tertiary/aromatic N) is 2. The Kier molecular flexibility index (Phi) is 4.07. The molecule has 2 aliphatic carbocycles. The highest BCUT2D eigenvalue weighted by Crippen LogP contribution is 2.39. The molecule has 0 bridgehead atoms. The summed E-state index contributed by atoms with van der Waals surface area (Å²) in [6.07, 6.45) is 11.1. The molecule has 1 aromatic rings. The highest BCUT2D eigenvalue weighted by molar-refractivity contribution is 6.30. The Morgan fingerprint density at radius 1 is 1.11 bits per heavy atom. The summed E-state index contributed by atoms with van der Waals surface area (Å²) in [5, 5.41) is 0.738. The summed E-state index contributed by atoms with van der Waals surface area (Å²) >= 11 is 6.42. The minimum Gasteiger partial charge on any atom is -0.237 e. The molecule has 1 heterocycles. The lowest BCUT2D eigenvalue weighted by molar-refractivity contribution is 0.516. The Hall–Kier alpha value is -0.630. The molecular formula is C16H23ClN2. The zero-order valence-electron chi connectivity index (χ0n) is 11.8. The third kappa shape index (κ3) is 2.79. The van der Waals surface area contributed by atoms with Crippen LogP contribution < -0.4 is 0 Å². The largest absolute Gasteiger partial charge is 0.237 e. The van der Waals surface area contributed by atoms with Gasteiger partial charge in [0.25, 0.3) is 0 Å². The minimum atomic E-state index is 0.552. The van der Waals surface area contributed by atoms with Gasteiger partial charge >= 0.3 is 0 Å². The predicted octanol–water partition coefficient (Wildman–Crippen LogP) is 4.69. The number of aromatic nitrogens is 2. The topological polar surface area (TPSA) is 25.8 Å². The summed E-state index contributed by atoms with van der Waals surface area (Å²) in [7, 11) is 0. The third-order valence-corrected chi connectivity index (χ3v) is 5.20. The zero-order chi connectivity index (χ0) is 13.2. The van der Waals surface area contributed by atoms with Crippen molar-refractivity contribution in [1.29, 1.82) is 0 Å². The molecule has 0 aromatic carbocycles. The molecule has 0 N–H and O–H groups in total. The molecule has 0 radical (unpaired) electrons. The first-order chi connectivity index (χ1) is 9.28. The van der Waals surface area contributed by atoms with Crippen molar-refractivity contribution in [2.75, 3.05) is 0 Å². The normalized spacial score (nSPS) is 27.1. The summed E-state index contributed by atoms with van der Waals surface area (Å²) < 4.78 is 0. The van der Waals surface area contributed by atoms with E-state index in [0.29, 0.717) is 5.92 Å². The van der Waals surface area contributed by atoms with E-state index in [2.05, 4.69) is 11.9 Å². The fourth-order valence-corrected chi connectivity index (χ4v) is 3.90. The average Bonchev–Trinajstić information content (AvgIpc) is 2.77. The average molecular weight is 279 g/mol. The van der Waals surface area contributed by atoms with Crippen LogP contribution in [0.4, 0.5) is 0 Å². The van der Waals surface area contributed by atoms with Crippen LogP contribution in [0.25, 0.3) is 0 Å². The van der Waals surface area contributed by atoms with E-state index in [-0.39, 0.29) is 0 Å². The van der Waals surface area contributed by atoms with Crippen LogP contribution in [0.2, 0.25) is 5.15 Å². The predicted molar refractivity (Wildman–Crippen MR) is 78.7 cm³/mol. The molecule has 2 unspecified atom stereocenters. The lowest BCUT2D eigenvalue weighted by atomic mass is 10.0. The molecule has 19 heavy (non-hydrogen) atoms. The Morgan fingerprint density at radius 2 is 1.95 bits per heavy atom. The van der Waals surface area contributed by atoms with Gasteiger partial charge in [0, 0.05) is 17.2 Å². The second kappa shape index (κ2) is 5.78. The van der Waals surface area contributed by atoms with Crippen molar-refractivity contribution in [3.05, 3.63) is 22.2 Å². The number of rotatable bonds is 2. The van der Waals surface area contributed by atoms with Gasteiger partial charge in [-0.15, -0.1) is 0 Å². The molecule has 0 aliphatic heterocycles. The van der Waals surface area contributed by atoms with Crippen LogP contribution in [-0.4, -0.2) is 9.97 Å². The van der Waals surface area contributed by atoms with E-state index in [4.69, 9.17) is 16.6 Å². The van der Waals surface area contributed by atoms with Crippen LogP contribution in [0.15, 0.2) is 0 Å². The maximum Gasteiger partial charge on any atom is 0.136 e. The number of hydrogen-bond acceptors (Lipinski definition) is 2. The second-order valence-electron chi connectivity index (χ2n) is 6.14. The maximum absolute atomic E-state index is 6.42. The van der Waals surface area contributed by atoms with Gasteiger partial charge in [-0.1, -0.05) is 31.4 Å². The molecular weight excluding hydrogens is 256 g/mol. The highest BCUT2D eigenvalue weighted by atomic mass is 35.5. The van der Waals surface area contributed by atoms with E-state index in [1.807, 2.05) is 0 Å². The number of halogens is 1. The fourth-order valence-electron chi connectivity index (χ4n) is 3.61. The van der Waals surface area contributed by atoms with E-state index in [1.54, 1.807) is 0 Å². The van der Waals surface area contributed by atoms with Gasteiger partial charge in [-0.2, -0.15) is 0 Å². The van der Waals surface area contributed by atoms with Crippen LogP contribution >= 0.6 is 11.6 Å². The number of fused-ring (bicyclic) bond motifs is 1.